The van der Waals surface area contributed by atoms with Crippen molar-refractivity contribution < 1.29 is 8.78 Å². The van der Waals surface area contributed by atoms with E-state index in [0.29, 0.717) is 24.6 Å². The van der Waals surface area contributed by atoms with Crippen molar-refractivity contribution in [2.75, 3.05) is 7.05 Å². The van der Waals surface area contributed by atoms with Crippen LogP contribution in [0.3, 0.4) is 0 Å². The molecule has 2 rings (SSSR count). The van der Waals surface area contributed by atoms with E-state index < -0.39 is 0 Å². The van der Waals surface area contributed by atoms with Crippen molar-refractivity contribution in [1.82, 2.24) is 10.6 Å². The smallest absolute Gasteiger partial charge is 0.191 e. The van der Waals surface area contributed by atoms with Crippen molar-refractivity contribution >= 4 is 21.9 Å². The molecule has 0 fully saturated rings. The lowest BCUT2D eigenvalue weighted by molar-refractivity contribution is 0.604. The summed E-state index contributed by atoms with van der Waals surface area (Å²) in [6, 6.07) is 11.0. The summed E-state index contributed by atoms with van der Waals surface area (Å²) in [5.41, 5.74) is 1.33. The minimum atomic E-state index is -0.297. The number of nitrogens with zero attached hydrogens (tertiary/aromatic N) is 1. The molecule has 0 atom stereocenters. The molecule has 0 unspecified atom stereocenters. The Morgan fingerprint density at radius 2 is 1.73 bits per heavy atom. The second-order valence-electron chi connectivity index (χ2n) is 4.61. The molecular formula is C16H16BrF2N3. The van der Waals surface area contributed by atoms with Crippen LogP contribution >= 0.6 is 15.9 Å². The fourth-order valence-corrected chi connectivity index (χ4v) is 2.29. The van der Waals surface area contributed by atoms with Gasteiger partial charge in [-0.3, -0.25) is 4.99 Å². The van der Waals surface area contributed by atoms with E-state index in [9.17, 15) is 8.78 Å². The van der Waals surface area contributed by atoms with Crippen LogP contribution in [0.4, 0.5) is 8.78 Å². The number of nitrogens with one attached hydrogen (secondary N) is 2. The van der Waals surface area contributed by atoms with Gasteiger partial charge in [-0.15, -0.1) is 0 Å². The van der Waals surface area contributed by atoms with Gasteiger partial charge in [0, 0.05) is 30.2 Å². The molecule has 0 amide bonds. The first kappa shape index (κ1) is 16.4. The van der Waals surface area contributed by atoms with E-state index >= 15 is 0 Å². The predicted octanol–water partition coefficient (Wildman–Crippen LogP) is 3.59. The van der Waals surface area contributed by atoms with Crippen LogP contribution in [-0.4, -0.2) is 13.0 Å². The highest BCUT2D eigenvalue weighted by Gasteiger charge is 2.05. The van der Waals surface area contributed by atoms with Crippen LogP contribution in [0.15, 0.2) is 51.9 Å². The third-order valence-corrected chi connectivity index (χ3v) is 3.86. The first-order valence-corrected chi connectivity index (χ1v) is 7.51. The largest absolute Gasteiger partial charge is 0.352 e. The van der Waals surface area contributed by atoms with Crippen LogP contribution in [-0.2, 0) is 13.1 Å². The highest BCUT2D eigenvalue weighted by atomic mass is 79.9. The minimum absolute atomic E-state index is 0.265. The van der Waals surface area contributed by atoms with Gasteiger partial charge in [-0.2, -0.15) is 0 Å². The summed E-state index contributed by atoms with van der Waals surface area (Å²) in [5, 5.41) is 6.08. The van der Waals surface area contributed by atoms with Crippen molar-refractivity contribution in [2.45, 2.75) is 13.1 Å². The highest BCUT2D eigenvalue weighted by Crippen LogP contribution is 2.17. The molecule has 116 valence electrons. The first-order chi connectivity index (χ1) is 10.6. The first-order valence-electron chi connectivity index (χ1n) is 6.72. The Kier molecular flexibility index (Phi) is 5.89. The molecule has 0 saturated heterocycles. The molecule has 3 nitrogen and oxygen atoms in total. The van der Waals surface area contributed by atoms with Crippen LogP contribution < -0.4 is 10.6 Å². The van der Waals surface area contributed by atoms with E-state index in [1.165, 1.54) is 18.2 Å². The van der Waals surface area contributed by atoms with Crippen LogP contribution in [0, 0.1) is 11.6 Å². The van der Waals surface area contributed by atoms with Crippen molar-refractivity contribution in [3.05, 3.63) is 69.7 Å². The number of benzene rings is 2. The average Bonchev–Trinajstić information content (AvgIpc) is 2.52. The molecule has 0 saturated carbocycles. The summed E-state index contributed by atoms with van der Waals surface area (Å²) < 4.78 is 27.6. The molecule has 2 aromatic rings. The maximum atomic E-state index is 13.5. The lowest BCUT2D eigenvalue weighted by atomic mass is 10.2. The molecule has 0 aliphatic heterocycles. The lowest BCUT2D eigenvalue weighted by Crippen LogP contribution is -2.36. The summed E-state index contributed by atoms with van der Waals surface area (Å²) in [4.78, 5) is 4.06. The predicted molar refractivity (Wildman–Crippen MR) is 87.5 cm³/mol. The molecule has 0 spiro atoms. The van der Waals surface area contributed by atoms with E-state index in [1.54, 1.807) is 31.3 Å². The van der Waals surface area contributed by atoms with Crippen LogP contribution in [0.5, 0.6) is 0 Å². The maximum Gasteiger partial charge on any atom is 0.191 e. The second kappa shape index (κ2) is 7.89. The standard InChI is InChI=1S/C16H16BrF2N3/c1-20-16(21-9-11-4-2-3-5-15(11)19)22-10-12-8-13(18)6-7-14(12)17/h2-8H,9-10H2,1H3,(H2,20,21,22). The summed E-state index contributed by atoms with van der Waals surface area (Å²) in [6.45, 7) is 0.714. The molecule has 0 bridgehead atoms. The van der Waals surface area contributed by atoms with E-state index in [2.05, 4.69) is 31.6 Å². The number of guanidine groups is 1. The van der Waals surface area contributed by atoms with Crippen molar-refractivity contribution in [3.63, 3.8) is 0 Å². The van der Waals surface area contributed by atoms with E-state index in [0.717, 1.165) is 10.0 Å². The van der Waals surface area contributed by atoms with Crippen LogP contribution in [0.1, 0.15) is 11.1 Å². The molecule has 22 heavy (non-hydrogen) atoms. The molecular weight excluding hydrogens is 352 g/mol. The molecule has 0 aromatic heterocycles. The molecule has 0 heterocycles. The Morgan fingerprint density at radius 3 is 2.41 bits per heavy atom. The second-order valence-corrected chi connectivity index (χ2v) is 5.46. The molecule has 0 radical (unpaired) electrons. The van der Waals surface area contributed by atoms with E-state index in [4.69, 9.17) is 0 Å². The third-order valence-electron chi connectivity index (χ3n) is 3.08. The van der Waals surface area contributed by atoms with Gasteiger partial charge in [-0.25, -0.2) is 8.78 Å². The van der Waals surface area contributed by atoms with Gasteiger partial charge in [0.2, 0.25) is 0 Å². The van der Waals surface area contributed by atoms with Gasteiger partial charge in [-0.1, -0.05) is 34.1 Å². The van der Waals surface area contributed by atoms with Gasteiger partial charge in [0.1, 0.15) is 11.6 Å². The Labute approximate surface area is 136 Å². The maximum absolute atomic E-state index is 13.5. The van der Waals surface area contributed by atoms with E-state index in [1.807, 2.05) is 0 Å². The van der Waals surface area contributed by atoms with Gasteiger partial charge >= 0.3 is 0 Å². The third kappa shape index (κ3) is 4.53. The van der Waals surface area contributed by atoms with Gasteiger partial charge in [0.15, 0.2) is 5.96 Å². The molecule has 2 aromatic carbocycles. The SMILES string of the molecule is CN=C(NCc1ccccc1F)NCc1cc(F)ccc1Br. The summed E-state index contributed by atoms with van der Waals surface area (Å²) in [5.74, 6) is -0.0490. The molecule has 6 heteroatoms. The molecule has 0 aliphatic rings. The van der Waals surface area contributed by atoms with Gasteiger partial charge in [-0.05, 0) is 29.8 Å². The quantitative estimate of drug-likeness (QED) is 0.639. The highest BCUT2D eigenvalue weighted by molar-refractivity contribution is 9.10. The number of aliphatic imine (C=N–C) groups is 1. The van der Waals surface area contributed by atoms with Crippen molar-refractivity contribution in [2.24, 2.45) is 4.99 Å². The van der Waals surface area contributed by atoms with Crippen LogP contribution in [0.25, 0.3) is 0 Å². The Morgan fingerprint density at radius 1 is 1.05 bits per heavy atom. The van der Waals surface area contributed by atoms with E-state index in [-0.39, 0.29) is 11.6 Å². The van der Waals surface area contributed by atoms with Gasteiger partial charge in [0.25, 0.3) is 0 Å². The van der Waals surface area contributed by atoms with Gasteiger partial charge in [0.05, 0.1) is 0 Å². The van der Waals surface area contributed by atoms with Crippen LogP contribution in [0.2, 0.25) is 0 Å². The Bertz CT molecular complexity index is 674. The monoisotopic (exact) mass is 367 g/mol. The summed E-state index contributed by atoms with van der Waals surface area (Å²) in [7, 11) is 1.62. The lowest BCUT2D eigenvalue weighted by Gasteiger charge is -2.13. The fraction of sp³-hybridized carbons (Fsp3) is 0.188. The number of halogens is 3. The van der Waals surface area contributed by atoms with Crippen molar-refractivity contribution in [1.29, 1.82) is 0 Å². The molecule has 0 aliphatic carbocycles. The Hall–Kier alpha value is -1.95. The topological polar surface area (TPSA) is 36.4 Å². The zero-order valence-electron chi connectivity index (χ0n) is 12.0. The van der Waals surface area contributed by atoms with Gasteiger partial charge < -0.3 is 10.6 Å². The normalized spacial score (nSPS) is 11.4. The zero-order valence-corrected chi connectivity index (χ0v) is 13.6. The Balaban J connectivity index is 1.93. The zero-order chi connectivity index (χ0) is 15.9. The fourth-order valence-electron chi connectivity index (χ4n) is 1.90. The molecule has 2 N–H and O–H groups in total. The summed E-state index contributed by atoms with van der Waals surface area (Å²) >= 11 is 3.37. The summed E-state index contributed by atoms with van der Waals surface area (Å²) in [6.07, 6.45) is 0. The minimum Gasteiger partial charge on any atom is -0.352 e. The number of hydrogen-bond acceptors (Lipinski definition) is 1. The van der Waals surface area contributed by atoms with Crippen molar-refractivity contribution in [3.8, 4) is 0 Å². The number of rotatable bonds is 4. The number of hydrogen-bond donors (Lipinski definition) is 2. The average molecular weight is 368 g/mol.